The molecular formula is C16H11BrFNO2. The van der Waals surface area contributed by atoms with E-state index in [0.29, 0.717) is 17.7 Å². The van der Waals surface area contributed by atoms with Gasteiger partial charge in [0.15, 0.2) is 5.78 Å². The molecule has 3 nitrogen and oxygen atoms in total. The van der Waals surface area contributed by atoms with Gasteiger partial charge in [0, 0.05) is 17.7 Å². The molecule has 2 aromatic rings. The number of carbonyl (C=O) groups excluding carboxylic acids is 2. The number of nitrogens with one attached hydrogen (secondary N) is 1. The molecule has 0 saturated heterocycles. The summed E-state index contributed by atoms with van der Waals surface area (Å²) in [6, 6.07) is 9.50. The summed E-state index contributed by atoms with van der Waals surface area (Å²) in [7, 11) is 0. The number of benzene rings is 2. The fourth-order valence-corrected chi connectivity index (χ4v) is 2.75. The van der Waals surface area contributed by atoms with Gasteiger partial charge in [-0.15, -0.1) is 0 Å². The summed E-state index contributed by atoms with van der Waals surface area (Å²) in [6.07, 6.45) is 0.737. The third kappa shape index (κ3) is 2.49. The van der Waals surface area contributed by atoms with Crippen molar-refractivity contribution in [3.05, 3.63) is 68.9 Å². The van der Waals surface area contributed by atoms with E-state index in [2.05, 4.69) is 21.2 Å². The first-order chi connectivity index (χ1) is 10.1. The van der Waals surface area contributed by atoms with Gasteiger partial charge in [0.25, 0.3) is 5.91 Å². The van der Waals surface area contributed by atoms with Crippen LogP contribution in [0.1, 0.15) is 31.8 Å². The van der Waals surface area contributed by atoms with E-state index in [9.17, 15) is 14.0 Å². The van der Waals surface area contributed by atoms with Crippen LogP contribution in [0.3, 0.4) is 0 Å². The van der Waals surface area contributed by atoms with E-state index < -0.39 is 11.6 Å². The number of rotatable bonds is 2. The third-order valence-corrected chi connectivity index (χ3v) is 4.11. The molecule has 2 aromatic carbocycles. The smallest absolute Gasteiger partial charge is 0.251 e. The molecule has 3 rings (SSSR count). The van der Waals surface area contributed by atoms with Crippen molar-refractivity contribution in [2.75, 3.05) is 6.54 Å². The van der Waals surface area contributed by atoms with Gasteiger partial charge in [-0.05, 0) is 46.1 Å². The van der Waals surface area contributed by atoms with Gasteiger partial charge in [-0.25, -0.2) is 4.39 Å². The minimum atomic E-state index is -0.593. The monoisotopic (exact) mass is 347 g/mol. The van der Waals surface area contributed by atoms with E-state index in [1.54, 1.807) is 18.2 Å². The molecule has 0 saturated carbocycles. The Kier molecular flexibility index (Phi) is 3.59. The quantitative estimate of drug-likeness (QED) is 0.848. The lowest BCUT2D eigenvalue weighted by Crippen LogP contribution is -2.32. The van der Waals surface area contributed by atoms with Gasteiger partial charge in [0.1, 0.15) is 5.82 Å². The Labute approximate surface area is 129 Å². The molecule has 1 aliphatic rings. The van der Waals surface area contributed by atoms with Gasteiger partial charge in [-0.2, -0.15) is 0 Å². The van der Waals surface area contributed by atoms with E-state index in [4.69, 9.17) is 0 Å². The second-order valence-corrected chi connectivity index (χ2v) is 5.66. The summed E-state index contributed by atoms with van der Waals surface area (Å²) in [6.45, 7) is 0.597. The molecule has 0 spiro atoms. The van der Waals surface area contributed by atoms with Crippen LogP contribution in [0.2, 0.25) is 0 Å². The second-order valence-electron chi connectivity index (χ2n) is 4.81. The van der Waals surface area contributed by atoms with Crippen molar-refractivity contribution in [3.8, 4) is 0 Å². The number of carbonyl (C=O) groups is 2. The van der Waals surface area contributed by atoms with Crippen LogP contribution in [0.5, 0.6) is 0 Å². The Balaban J connectivity index is 2.05. The molecule has 1 N–H and O–H groups in total. The molecule has 1 heterocycles. The van der Waals surface area contributed by atoms with Crippen molar-refractivity contribution in [1.82, 2.24) is 5.32 Å². The van der Waals surface area contributed by atoms with Gasteiger partial charge in [0.2, 0.25) is 0 Å². The molecule has 0 fully saturated rings. The molecule has 0 bridgehead atoms. The van der Waals surface area contributed by atoms with Crippen LogP contribution < -0.4 is 5.32 Å². The first-order valence-corrected chi connectivity index (χ1v) is 7.27. The average Bonchev–Trinajstić information content (AvgIpc) is 2.49. The highest BCUT2D eigenvalue weighted by Gasteiger charge is 2.21. The number of ketones is 1. The van der Waals surface area contributed by atoms with Crippen LogP contribution in [0, 0.1) is 5.82 Å². The highest BCUT2D eigenvalue weighted by atomic mass is 79.9. The predicted molar refractivity (Wildman–Crippen MR) is 80.0 cm³/mol. The maximum atomic E-state index is 14.0. The molecule has 0 aromatic heterocycles. The van der Waals surface area contributed by atoms with Crippen molar-refractivity contribution in [3.63, 3.8) is 0 Å². The van der Waals surface area contributed by atoms with Crippen LogP contribution in [-0.2, 0) is 6.42 Å². The van der Waals surface area contributed by atoms with Gasteiger partial charge >= 0.3 is 0 Å². The van der Waals surface area contributed by atoms with Crippen molar-refractivity contribution in [2.45, 2.75) is 6.42 Å². The molecular weight excluding hydrogens is 337 g/mol. The summed E-state index contributed by atoms with van der Waals surface area (Å²) in [5, 5.41) is 2.73. The van der Waals surface area contributed by atoms with E-state index in [-0.39, 0.29) is 15.9 Å². The van der Waals surface area contributed by atoms with Crippen LogP contribution in [0.25, 0.3) is 0 Å². The van der Waals surface area contributed by atoms with E-state index >= 15 is 0 Å². The Morgan fingerprint density at radius 2 is 2.05 bits per heavy atom. The van der Waals surface area contributed by atoms with Crippen molar-refractivity contribution < 1.29 is 14.0 Å². The minimum absolute atomic E-state index is 0.0134. The van der Waals surface area contributed by atoms with E-state index in [0.717, 1.165) is 12.0 Å². The zero-order chi connectivity index (χ0) is 15.0. The molecule has 1 amide bonds. The maximum absolute atomic E-state index is 14.0. The molecule has 21 heavy (non-hydrogen) atoms. The SMILES string of the molecule is O=C1NCCc2ccc(C(=O)c3cccc(Br)c3F)cc21. The number of hydrogen-bond donors (Lipinski definition) is 1. The van der Waals surface area contributed by atoms with E-state index in [1.165, 1.54) is 18.2 Å². The molecule has 5 heteroatoms. The van der Waals surface area contributed by atoms with Crippen LogP contribution in [0.4, 0.5) is 4.39 Å². The molecule has 1 aliphatic heterocycles. The molecule has 0 radical (unpaired) electrons. The molecule has 106 valence electrons. The van der Waals surface area contributed by atoms with Gasteiger partial charge in [-0.3, -0.25) is 9.59 Å². The van der Waals surface area contributed by atoms with Gasteiger partial charge in [0.05, 0.1) is 10.0 Å². The number of fused-ring (bicyclic) bond motifs is 1. The highest BCUT2D eigenvalue weighted by molar-refractivity contribution is 9.10. The molecule has 0 unspecified atom stereocenters. The van der Waals surface area contributed by atoms with Gasteiger partial charge in [-0.1, -0.05) is 18.2 Å². The fraction of sp³-hybridized carbons (Fsp3) is 0.125. The number of halogens is 2. The lowest BCUT2D eigenvalue weighted by Gasteiger charge is -2.17. The topological polar surface area (TPSA) is 46.2 Å². The zero-order valence-corrected chi connectivity index (χ0v) is 12.5. The normalized spacial score (nSPS) is 13.5. The first kappa shape index (κ1) is 13.9. The van der Waals surface area contributed by atoms with Crippen LogP contribution >= 0.6 is 15.9 Å². The van der Waals surface area contributed by atoms with Crippen molar-refractivity contribution in [2.24, 2.45) is 0 Å². The number of hydrogen-bond acceptors (Lipinski definition) is 2. The molecule has 0 aliphatic carbocycles. The Morgan fingerprint density at radius 3 is 2.86 bits per heavy atom. The van der Waals surface area contributed by atoms with Crippen LogP contribution in [0.15, 0.2) is 40.9 Å². The van der Waals surface area contributed by atoms with Crippen molar-refractivity contribution in [1.29, 1.82) is 0 Å². The van der Waals surface area contributed by atoms with Crippen LogP contribution in [-0.4, -0.2) is 18.2 Å². The van der Waals surface area contributed by atoms with Gasteiger partial charge < -0.3 is 5.32 Å². The Bertz CT molecular complexity index is 758. The molecule has 0 atom stereocenters. The van der Waals surface area contributed by atoms with Crippen molar-refractivity contribution >= 4 is 27.6 Å². The average molecular weight is 348 g/mol. The zero-order valence-electron chi connectivity index (χ0n) is 11.0. The standard InChI is InChI=1S/C16H11BrFNO2/c17-13-3-1-2-11(14(13)18)15(20)10-5-4-9-6-7-19-16(21)12(9)8-10/h1-5,8H,6-7H2,(H,19,21). The summed E-state index contributed by atoms with van der Waals surface area (Å²) in [4.78, 5) is 24.2. The summed E-state index contributed by atoms with van der Waals surface area (Å²) in [5.41, 5.74) is 1.69. The second kappa shape index (κ2) is 5.41. The van der Waals surface area contributed by atoms with E-state index in [1.807, 2.05) is 0 Å². The predicted octanol–water partition coefficient (Wildman–Crippen LogP) is 3.11. The largest absolute Gasteiger partial charge is 0.352 e. The summed E-state index contributed by atoms with van der Waals surface area (Å²) in [5.74, 6) is -1.22. The Morgan fingerprint density at radius 1 is 1.24 bits per heavy atom. The summed E-state index contributed by atoms with van der Waals surface area (Å²) < 4.78 is 14.2. The lowest BCUT2D eigenvalue weighted by atomic mass is 9.94. The number of amides is 1. The highest BCUT2D eigenvalue weighted by Crippen LogP contribution is 2.23. The fourth-order valence-electron chi connectivity index (χ4n) is 2.39. The lowest BCUT2D eigenvalue weighted by molar-refractivity contribution is 0.0946. The third-order valence-electron chi connectivity index (χ3n) is 3.49. The minimum Gasteiger partial charge on any atom is -0.352 e. The first-order valence-electron chi connectivity index (χ1n) is 6.48. The summed E-state index contributed by atoms with van der Waals surface area (Å²) >= 11 is 3.07. The Hall–Kier alpha value is -2.01. The maximum Gasteiger partial charge on any atom is 0.251 e.